The molecule has 0 radical (unpaired) electrons. The molecule has 0 spiro atoms. The van der Waals surface area contributed by atoms with Gasteiger partial charge in [-0.15, -0.1) is 0 Å². The molecule has 1 unspecified atom stereocenters. The van der Waals surface area contributed by atoms with E-state index < -0.39 is 0 Å². The molecule has 1 atom stereocenters. The van der Waals surface area contributed by atoms with Gasteiger partial charge in [0.1, 0.15) is 5.69 Å². The second kappa shape index (κ2) is 8.54. The molecule has 2 fully saturated rings. The molecule has 0 bridgehead atoms. The summed E-state index contributed by atoms with van der Waals surface area (Å²) in [6.45, 7) is 6.53. The normalized spacial score (nSPS) is 20.3. The summed E-state index contributed by atoms with van der Waals surface area (Å²) >= 11 is 0. The number of carbonyl (C=O) groups is 1. The van der Waals surface area contributed by atoms with Crippen molar-refractivity contribution in [1.82, 2.24) is 19.9 Å². The van der Waals surface area contributed by atoms with Crippen molar-refractivity contribution >= 4 is 17.5 Å². The first-order valence-electron chi connectivity index (χ1n) is 10.3. The maximum absolute atomic E-state index is 12.9. The monoisotopic (exact) mass is 380 g/mol. The highest BCUT2D eigenvalue weighted by Gasteiger charge is 2.27. The van der Waals surface area contributed by atoms with Crippen LogP contribution in [0.25, 0.3) is 0 Å². The van der Waals surface area contributed by atoms with Gasteiger partial charge in [-0.1, -0.05) is 6.92 Å². The maximum atomic E-state index is 12.9. The van der Waals surface area contributed by atoms with E-state index in [1.807, 2.05) is 29.3 Å². The molecule has 7 nitrogen and oxygen atoms in total. The number of hydrogen-bond donors (Lipinski definition) is 0. The van der Waals surface area contributed by atoms with E-state index in [0.717, 1.165) is 63.6 Å². The first kappa shape index (κ1) is 18.7. The molecule has 4 rings (SSSR count). The van der Waals surface area contributed by atoms with E-state index in [2.05, 4.69) is 31.7 Å². The second-order valence-corrected chi connectivity index (χ2v) is 7.48. The van der Waals surface area contributed by atoms with Gasteiger partial charge in [-0.25, -0.2) is 15.0 Å². The molecule has 7 heteroatoms. The maximum Gasteiger partial charge on any atom is 0.272 e. The lowest BCUT2D eigenvalue weighted by Crippen LogP contribution is -2.47. The van der Waals surface area contributed by atoms with E-state index in [1.165, 1.54) is 6.42 Å². The minimum Gasteiger partial charge on any atom is -0.367 e. The van der Waals surface area contributed by atoms with Crippen molar-refractivity contribution in [3.63, 3.8) is 0 Å². The highest BCUT2D eigenvalue weighted by Crippen LogP contribution is 2.22. The molecule has 2 saturated heterocycles. The highest BCUT2D eigenvalue weighted by molar-refractivity contribution is 5.92. The fourth-order valence-corrected chi connectivity index (χ4v) is 4.16. The predicted octanol–water partition coefficient (Wildman–Crippen LogP) is 2.60. The molecule has 2 aromatic heterocycles. The largest absolute Gasteiger partial charge is 0.367 e. The lowest BCUT2D eigenvalue weighted by atomic mass is 9.99. The Hall–Kier alpha value is -2.70. The van der Waals surface area contributed by atoms with Crippen molar-refractivity contribution in [2.24, 2.45) is 0 Å². The van der Waals surface area contributed by atoms with Gasteiger partial charge in [-0.3, -0.25) is 4.79 Å². The number of pyridine rings is 1. The van der Waals surface area contributed by atoms with Crippen LogP contribution < -0.4 is 9.80 Å². The van der Waals surface area contributed by atoms with Gasteiger partial charge in [-0.05, 0) is 43.9 Å². The number of amides is 1. The van der Waals surface area contributed by atoms with Crippen molar-refractivity contribution in [2.75, 3.05) is 42.5 Å². The van der Waals surface area contributed by atoms with Crippen LogP contribution in [0.4, 0.5) is 11.6 Å². The molecule has 1 amide bonds. The van der Waals surface area contributed by atoms with Crippen LogP contribution in [-0.2, 0) is 0 Å². The van der Waals surface area contributed by atoms with E-state index in [4.69, 9.17) is 0 Å². The van der Waals surface area contributed by atoms with Crippen molar-refractivity contribution in [3.8, 4) is 0 Å². The zero-order valence-corrected chi connectivity index (χ0v) is 16.5. The SMILES string of the molecule is CCC1CCCCN1C(=O)c1ccc(N2CCN(c3ncccn3)CC2)cn1. The number of piperazine rings is 1. The molecule has 4 heterocycles. The van der Waals surface area contributed by atoms with Crippen molar-refractivity contribution in [1.29, 1.82) is 0 Å². The quantitative estimate of drug-likeness (QED) is 0.812. The number of aromatic nitrogens is 3. The van der Waals surface area contributed by atoms with Crippen LogP contribution in [-0.4, -0.2) is 64.5 Å². The fourth-order valence-electron chi connectivity index (χ4n) is 4.16. The van der Waals surface area contributed by atoms with Gasteiger partial charge in [-0.2, -0.15) is 0 Å². The van der Waals surface area contributed by atoms with Crippen LogP contribution in [0.15, 0.2) is 36.8 Å². The topological polar surface area (TPSA) is 65.5 Å². The first-order chi connectivity index (χ1) is 13.8. The Morgan fingerprint density at radius 3 is 2.43 bits per heavy atom. The summed E-state index contributed by atoms with van der Waals surface area (Å²) in [5, 5.41) is 0. The molecule has 0 N–H and O–H groups in total. The van der Waals surface area contributed by atoms with Crippen LogP contribution in [0.5, 0.6) is 0 Å². The predicted molar refractivity (Wildman–Crippen MR) is 110 cm³/mol. The van der Waals surface area contributed by atoms with Crippen LogP contribution >= 0.6 is 0 Å². The molecule has 148 valence electrons. The summed E-state index contributed by atoms with van der Waals surface area (Å²) in [5.41, 5.74) is 1.62. The Kier molecular flexibility index (Phi) is 5.69. The lowest BCUT2D eigenvalue weighted by molar-refractivity contribution is 0.0602. The second-order valence-electron chi connectivity index (χ2n) is 7.48. The zero-order valence-electron chi connectivity index (χ0n) is 16.5. The van der Waals surface area contributed by atoms with Crippen LogP contribution in [0.2, 0.25) is 0 Å². The Balaban J connectivity index is 1.38. The van der Waals surface area contributed by atoms with Gasteiger partial charge in [0, 0.05) is 51.2 Å². The first-order valence-corrected chi connectivity index (χ1v) is 10.3. The Morgan fingerprint density at radius 1 is 1.00 bits per heavy atom. The molecule has 28 heavy (non-hydrogen) atoms. The summed E-state index contributed by atoms with van der Waals surface area (Å²) in [6, 6.07) is 6.10. The average molecular weight is 380 g/mol. The zero-order chi connectivity index (χ0) is 19.3. The van der Waals surface area contributed by atoms with Gasteiger partial charge in [0.05, 0.1) is 11.9 Å². The Bertz CT molecular complexity index is 773. The Labute approximate surface area is 166 Å². The third-order valence-electron chi connectivity index (χ3n) is 5.81. The summed E-state index contributed by atoms with van der Waals surface area (Å²) in [4.78, 5) is 32.6. The third-order valence-corrected chi connectivity index (χ3v) is 5.81. The number of nitrogens with zero attached hydrogens (tertiary/aromatic N) is 6. The summed E-state index contributed by atoms with van der Waals surface area (Å²) in [6.07, 6.45) is 9.83. The third kappa shape index (κ3) is 3.93. The molecular formula is C21H28N6O. The van der Waals surface area contributed by atoms with Crippen LogP contribution in [0.3, 0.4) is 0 Å². The minimum absolute atomic E-state index is 0.0733. The molecular weight excluding hydrogens is 352 g/mol. The van der Waals surface area contributed by atoms with Gasteiger partial charge >= 0.3 is 0 Å². The van der Waals surface area contributed by atoms with E-state index in [-0.39, 0.29) is 5.91 Å². The van der Waals surface area contributed by atoms with E-state index in [1.54, 1.807) is 12.4 Å². The minimum atomic E-state index is 0.0733. The van der Waals surface area contributed by atoms with Crippen LogP contribution in [0.1, 0.15) is 43.1 Å². The van der Waals surface area contributed by atoms with Crippen molar-refractivity contribution < 1.29 is 4.79 Å². The molecule has 0 aromatic carbocycles. The number of anilines is 2. The van der Waals surface area contributed by atoms with Gasteiger partial charge in [0.15, 0.2) is 0 Å². The van der Waals surface area contributed by atoms with Gasteiger partial charge < -0.3 is 14.7 Å². The molecule has 0 aliphatic carbocycles. The smallest absolute Gasteiger partial charge is 0.272 e. The van der Waals surface area contributed by atoms with Gasteiger partial charge in [0.2, 0.25) is 5.95 Å². The average Bonchev–Trinajstić information content (AvgIpc) is 2.79. The summed E-state index contributed by atoms with van der Waals surface area (Å²) in [7, 11) is 0. The van der Waals surface area contributed by atoms with Gasteiger partial charge in [0.25, 0.3) is 5.91 Å². The number of hydrogen-bond acceptors (Lipinski definition) is 6. The number of carbonyl (C=O) groups excluding carboxylic acids is 1. The van der Waals surface area contributed by atoms with E-state index in [0.29, 0.717) is 11.7 Å². The van der Waals surface area contributed by atoms with Crippen LogP contribution in [0, 0.1) is 0 Å². The standard InChI is InChI=1S/C21H28N6O/c1-2-17-6-3-4-11-27(17)20(28)19-8-7-18(16-24-19)25-12-14-26(15-13-25)21-22-9-5-10-23-21/h5,7-10,16-17H,2-4,6,11-15H2,1H3. The van der Waals surface area contributed by atoms with E-state index >= 15 is 0 Å². The molecule has 0 saturated carbocycles. The van der Waals surface area contributed by atoms with E-state index in [9.17, 15) is 4.79 Å². The molecule has 2 aliphatic rings. The lowest BCUT2D eigenvalue weighted by Gasteiger charge is -2.36. The number of rotatable bonds is 4. The fraction of sp³-hybridized carbons (Fsp3) is 0.524. The van der Waals surface area contributed by atoms with Crippen molar-refractivity contribution in [2.45, 2.75) is 38.6 Å². The number of likely N-dealkylation sites (tertiary alicyclic amines) is 1. The molecule has 2 aliphatic heterocycles. The molecule has 2 aromatic rings. The summed E-state index contributed by atoms with van der Waals surface area (Å²) in [5.74, 6) is 0.859. The number of piperidine rings is 1. The highest BCUT2D eigenvalue weighted by atomic mass is 16.2. The Morgan fingerprint density at radius 2 is 1.75 bits per heavy atom. The van der Waals surface area contributed by atoms with Crippen molar-refractivity contribution in [3.05, 3.63) is 42.5 Å². The summed E-state index contributed by atoms with van der Waals surface area (Å²) < 4.78 is 0.